The molecule has 3 heteroatoms. The third-order valence-corrected chi connectivity index (χ3v) is 3.80. The molecule has 0 bridgehead atoms. The molecular formula is C17H17N3. The predicted molar refractivity (Wildman–Crippen MR) is 85.0 cm³/mol. The number of fused-ring (bicyclic) bond motifs is 3. The minimum atomic E-state index is 0.319. The molecule has 1 aliphatic rings. The lowest BCUT2D eigenvalue weighted by molar-refractivity contribution is 0.823. The van der Waals surface area contributed by atoms with E-state index in [1.54, 1.807) is 0 Å². The molecule has 2 aromatic rings. The molecule has 0 aliphatic carbocycles. The fourth-order valence-electron chi connectivity index (χ4n) is 2.93. The normalized spacial score (nSPS) is 18.1. The van der Waals surface area contributed by atoms with Crippen molar-refractivity contribution in [2.24, 2.45) is 10.7 Å². The average molecular weight is 263 g/mol. The van der Waals surface area contributed by atoms with Crippen LogP contribution < -0.4 is 10.6 Å². The SMILES string of the molecule is C#CCN=C(N)N1CC(C)c2c1ccc1ccccc21. The van der Waals surface area contributed by atoms with Gasteiger partial charge in [0.25, 0.3) is 0 Å². The Kier molecular flexibility index (Phi) is 3.08. The van der Waals surface area contributed by atoms with Crippen LogP contribution in [0.4, 0.5) is 5.69 Å². The zero-order valence-corrected chi connectivity index (χ0v) is 11.5. The average Bonchev–Trinajstić information content (AvgIpc) is 2.82. The van der Waals surface area contributed by atoms with E-state index in [-0.39, 0.29) is 0 Å². The number of aliphatic imine (C=N–C) groups is 1. The molecule has 0 saturated heterocycles. The van der Waals surface area contributed by atoms with E-state index in [1.165, 1.54) is 16.3 Å². The van der Waals surface area contributed by atoms with E-state index in [2.05, 4.69) is 59.1 Å². The Hall–Kier alpha value is -2.47. The van der Waals surface area contributed by atoms with Gasteiger partial charge in [-0.05, 0) is 22.4 Å². The molecule has 0 fully saturated rings. The lowest BCUT2D eigenvalue weighted by Gasteiger charge is -2.18. The number of rotatable bonds is 1. The molecule has 3 rings (SSSR count). The molecule has 100 valence electrons. The summed E-state index contributed by atoms with van der Waals surface area (Å²) in [5.41, 5.74) is 8.56. The monoisotopic (exact) mass is 263 g/mol. The van der Waals surface area contributed by atoms with Crippen LogP contribution in [0.15, 0.2) is 41.4 Å². The van der Waals surface area contributed by atoms with Gasteiger partial charge in [-0.25, -0.2) is 4.99 Å². The Balaban J connectivity index is 2.13. The van der Waals surface area contributed by atoms with Gasteiger partial charge in [0.05, 0.1) is 0 Å². The summed E-state index contributed by atoms with van der Waals surface area (Å²) < 4.78 is 0. The largest absolute Gasteiger partial charge is 0.369 e. The van der Waals surface area contributed by atoms with Crippen LogP contribution in [0.25, 0.3) is 10.8 Å². The highest BCUT2D eigenvalue weighted by Gasteiger charge is 2.29. The summed E-state index contributed by atoms with van der Waals surface area (Å²) >= 11 is 0. The van der Waals surface area contributed by atoms with Crippen molar-refractivity contribution in [1.82, 2.24) is 0 Å². The minimum Gasteiger partial charge on any atom is -0.369 e. The number of anilines is 1. The van der Waals surface area contributed by atoms with Crippen molar-refractivity contribution in [3.8, 4) is 12.3 Å². The van der Waals surface area contributed by atoms with Gasteiger partial charge < -0.3 is 10.6 Å². The van der Waals surface area contributed by atoms with Gasteiger partial charge in [0.2, 0.25) is 0 Å². The summed E-state index contributed by atoms with van der Waals surface area (Å²) in [6, 6.07) is 12.7. The van der Waals surface area contributed by atoms with Crippen LogP contribution in [0, 0.1) is 12.3 Å². The number of hydrogen-bond acceptors (Lipinski definition) is 1. The van der Waals surface area contributed by atoms with Crippen LogP contribution in [-0.4, -0.2) is 19.0 Å². The topological polar surface area (TPSA) is 41.6 Å². The zero-order valence-electron chi connectivity index (χ0n) is 11.5. The van der Waals surface area contributed by atoms with Crippen LogP contribution in [0.2, 0.25) is 0 Å². The Labute approximate surface area is 119 Å². The Bertz CT molecular complexity index is 725. The molecule has 2 N–H and O–H groups in total. The lowest BCUT2D eigenvalue weighted by atomic mass is 9.96. The van der Waals surface area contributed by atoms with Crippen molar-refractivity contribution in [1.29, 1.82) is 0 Å². The maximum Gasteiger partial charge on any atom is 0.196 e. The number of hydrogen-bond donors (Lipinski definition) is 1. The molecule has 2 aromatic carbocycles. The first-order chi connectivity index (χ1) is 9.72. The van der Waals surface area contributed by atoms with E-state index in [4.69, 9.17) is 12.2 Å². The fraction of sp³-hybridized carbons (Fsp3) is 0.235. The van der Waals surface area contributed by atoms with Gasteiger partial charge >= 0.3 is 0 Å². The van der Waals surface area contributed by atoms with Gasteiger partial charge in [0.15, 0.2) is 5.96 Å². The first-order valence-electron chi connectivity index (χ1n) is 6.75. The predicted octanol–water partition coefficient (Wildman–Crippen LogP) is 2.71. The minimum absolute atomic E-state index is 0.319. The van der Waals surface area contributed by atoms with E-state index in [0.717, 1.165) is 12.2 Å². The van der Waals surface area contributed by atoms with Gasteiger partial charge in [-0.1, -0.05) is 43.2 Å². The van der Waals surface area contributed by atoms with Gasteiger partial charge in [-0.15, -0.1) is 6.42 Å². The Morgan fingerprint density at radius 2 is 2.20 bits per heavy atom. The standard InChI is InChI=1S/C17H17N3/c1-3-10-19-17(18)20-11-12(2)16-14-7-5-4-6-13(14)8-9-15(16)20/h1,4-9,12H,10-11H2,2H3,(H2,18,19). The van der Waals surface area contributed by atoms with Crippen LogP contribution in [0.1, 0.15) is 18.4 Å². The van der Waals surface area contributed by atoms with Crippen LogP contribution in [0.5, 0.6) is 0 Å². The van der Waals surface area contributed by atoms with Crippen LogP contribution >= 0.6 is 0 Å². The second-order valence-electron chi connectivity index (χ2n) is 5.11. The van der Waals surface area contributed by atoms with Crippen molar-refractivity contribution in [2.45, 2.75) is 12.8 Å². The second-order valence-corrected chi connectivity index (χ2v) is 5.11. The smallest absolute Gasteiger partial charge is 0.196 e. The molecule has 1 unspecified atom stereocenters. The fourth-order valence-corrected chi connectivity index (χ4v) is 2.93. The highest BCUT2D eigenvalue weighted by molar-refractivity contribution is 6.02. The van der Waals surface area contributed by atoms with E-state index >= 15 is 0 Å². The third kappa shape index (κ3) is 1.90. The first kappa shape index (κ1) is 12.6. The highest BCUT2D eigenvalue weighted by atomic mass is 15.3. The highest BCUT2D eigenvalue weighted by Crippen LogP contribution is 2.40. The number of benzene rings is 2. The quantitative estimate of drug-likeness (QED) is 0.488. The summed E-state index contributed by atoms with van der Waals surface area (Å²) in [6.07, 6.45) is 5.24. The second kappa shape index (κ2) is 4.90. The first-order valence-corrected chi connectivity index (χ1v) is 6.75. The lowest BCUT2D eigenvalue weighted by Crippen LogP contribution is -2.36. The van der Waals surface area contributed by atoms with Crippen molar-refractivity contribution in [2.75, 3.05) is 18.0 Å². The van der Waals surface area contributed by atoms with Gasteiger partial charge in [-0.3, -0.25) is 0 Å². The van der Waals surface area contributed by atoms with Gasteiger partial charge in [0, 0.05) is 18.2 Å². The molecule has 1 atom stereocenters. The molecule has 3 nitrogen and oxygen atoms in total. The molecule has 20 heavy (non-hydrogen) atoms. The molecule has 0 radical (unpaired) electrons. The van der Waals surface area contributed by atoms with Crippen molar-refractivity contribution in [3.05, 3.63) is 42.0 Å². The number of guanidine groups is 1. The summed E-state index contributed by atoms with van der Waals surface area (Å²) in [5, 5.41) is 2.56. The molecule has 0 spiro atoms. The molecule has 0 saturated carbocycles. The maximum absolute atomic E-state index is 6.07. The molecular weight excluding hydrogens is 246 g/mol. The van der Waals surface area contributed by atoms with E-state index in [0.29, 0.717) is 18.4 Å². The summed E-state index contributed by atoms with van der Waals surface area (Å²) in [7, 11) is 0. The molecule has 1 aliphatic heterocycles. The third-order valence-electron chi connectivity index (χ3n) is 3.80. The number of terminal acetylenes is 1. The number of nitrogens with zero attached hydrogens (tertiary/aromatic N) is 2. The zero-order chi connectivity index (χ0) is 14.1. The van der Waals surface area contributed by atoms with Gasteiger partial charge in [-0.2, -0.15) is 0 Å². The Morgan fingerprint density at radius 1 is 1.40 bits per heavy atom. The van der Waals surface area contributed by atoms with Gasteiger partial charge in [0.1, 0.15) is 6.54 Å². The Morgan fingerprint density at radius 3 is 3.00 bits per heavy atom. The van der Waals surface area contributed by atoms with Crippen molar-refractivity contribution in [3.63, 3.8) is 0 Å². The molecule has 0 aromatic heterocycles. The van der Waals surface area contributed by atoms with Crippen molar-refractivity contribution < 1.29 is 0 Å². The summed E-state index contributed by atoms with van der Waals surface area (Å²) in [4.78, 5) is 6.28. The molecule has 0 amide bonds. The molecule has 1 heterocycles. The summed E-state index contributed by atoms with van der Waals surface area (Å²) in [5.74, 6) is 3.42. The summed E-state index contributed by atoms with van der Waals surface area (Å²) in [6.45, 7) is 3.39. The number of nitrogens with two attached hydrogens (primary N) is 1. The van der Waals surface area contributed by atoms with Crippen LogP contribution in [0.3, 0.4) is 0 Å². The van der Waals surface area contributed by atoms with E-state index < -0.39 is 0 Å². The van der Waals surface area contributed by atoms with E-state index in [9.17, 15) is 0 Å². The van der Waals surface area contributed by atoms with E-state index in [1.807, 2.05) is 0 Å². The van der Waals surface area contributed by atoms with Crippen LogP contribution in [-0.2, 0) is 0 Å². The van der Waals surface area contributed by atoms with Crippen molar-refractivity contribution >= 4 is 22.4 Å². The maximum atomic E-state index is 6.07.